The van der Waals surface area contributed by atoms with Crippen LogP contribution in [0, 0.1) is 6.92 Å². The van der Waals surface area contributed by atoms with Crippen LogP contribution in [-0.2, 0) is 15.1 Å². The van der Waals surface area contributed by atoms with Crippen molar-refractivity contribution in [3.05, 3.63) is 17.3 Å². The smallest absolute Gasteiger partial charge is 0.253 e. The van der Waals surface area contributed by atoms with E-state index in [0.717, 1.165) is 29.9 Å². The number of rotatable bonds is 4. The molecule has 4 rings (SSSR count). The summed E-state index contributed by atoms with van der Waals surface area (Å²) in [6.45, 7) is 2.95. The van der Waals surface area contributed by atoms with E-state index in [0.29, 0.717) is 37.3 Å². The second-order valence-corrected chi connectivity index (χ2v) is 5.69. The first-order valence-electron chi connectivity index (χ1n) is 7.17. The minimum atomic E-state index is -0.629. The van der Waals surface area contributed by atoms with E-state index in [1.807, 2.05) is 6.92 Å². The molecule has 3 heterocycles. The van der Waals surface area contributed by atoms with E-state index in [4.69, 9.17) is 18.4 Å². The molecule has 0 aromatic carbocycles. The molecule has 1 aliphatic carbocycles. The van der Waals surface area contributed by atoms with Crippen LogP contribution in [0.5, 0.6) is 0 Å². The highest BCUT2D eigenvalue weighted by Crippen LogP contribution is 2.45. The standard InChI is InChI=1S/C14H17N3O4/c1-8-10(11(21-17-8)9-3-4-9)12-15-16-13(20-12)14(18-2)5-6-19-7-14/h9H,3-7H2,1-2H3. The minimum Gasteiger partial charge on any atom is -0.417 e. The van der Waals surface area contributed by atoms with Crippen molar-refractivity contribution in [3.63, 3.8) is 0 Å². The number of hydrogen-bond acceptors (Lipinski definition) is 7. The summed E-state index contributed by atoms with van der Waals surface area (Å²) < 4.78 is 22.3. The largest absolute Gasteiger partial charge is 0.417 e. The van der Waals surface area contributed by atoms with E-state index in [2.05, 4.69) is 15.4 Å². The molecule has 1 saturated carbocycles. The molecule has 1 saturated heterocycles. The maximum Gasteiger partial charge on any atom is 0.253 e. The van der Waals surface area contributed by atoms with Gasteiger partial charge in [-0.2, -0.15) is 0 Å². The zero-order valence-corrected chi connectivity index (χ0v) is 12.1. The summed E-state index contributed by atoms with van der Waals surface area (Å²) in [5.41, 5.74) is 0.985. The molecule has 1 atom stereocenters. The van der Waals surface area contributed by atoms with Crippen molar-refractivity contribution >= 4 is 0 Å². The Hall–Kier alpha value is -1.73. The number of aromatic nitrogens is 3. The molecular weight excluding hydrogens is 274 g/mol. The molecule has 7 heteroatoms. The average Bonchev–Trinajstić information content (AvgIpc) is 2.94. The predicted molar refractivity (Wildman–Crippen MR) is 70.6 cm³/mol. The lowest BCUT2D eigenvalue weighted by Crippen LogP contribution is -2.29. The molecule has 21 heavy (non-hydrogen) atoms. The maximum absolute atomic E-state index is 5.88. The third kappa shape index (κ3) is 1.99. The Morgan fingerprint density at radius 2 is 2.14 bits per heavy atom. The number of methoxy groups -OCH3 is 1. The second kappa shape index (κ2) is 4.64. The summed E-state index contributed by atoms with van der Waals surface area (Å²) >= 11 is 0. The van der Waals surface area contributed by atoms with E-state index in [1.165, 1.54) is 0 Å². The van der Waals surface area contributed by atoms with Gasteiger partial charge in [0.2, 0.25) is 0 Å². The summed E-state index contributed by atoms with van der Waals surface area (Å²) in [5, 5.41) is 12.4. The van der Waals surface area contributed by atoms with Gasteiger partial charge in [0, 0.05) is 19.4 Å². The third-order valence-corrected chi connectivity index (χ3v) is 4.24. The van der Waals surface area contributed by atoms with E-state index in [1.54, 1.807) is 7.11 Å². The van der Waals surface area contributed by atoms with Crippen molar-refractivity contribution in [2.45, 2.75) is 37.7 Å². The van der Waals surface area contributed by atoms with Gasteiger partial charge in [0.1, 0.15) is 5.56 Å². The highest BCUT2D eigenvalue weighted by atomic mass is 16.6. The van der Waals surface area contributed by atoms with Crippen LogP contribution in [0.15, 0.2) is 8.94 Å². The van der Waals surface area contributed by atoms with Gasteiger partial charge in [-0.25, -0.2) is 0 Å². The average molecular weight is 291 g/mol. The van der Waals surface area contributed by atoms with Crippen molar-refractivity contribution in [2.24, 2.45) is 0 Å². The van der Waals surface area contributed by atoms with Crippen molar-refractivity contribution in [2.75, 3.05) is 20.3 Å². The Labute approximate surface area is 121 Å². The van der Waals surface area contributed by atoms with Crippen LogP contribution in [0.3, 0.4) is 0 Å². The van der Waals surface area contributed by atoms with Crippen molar-refractivity contribution in [3.8, 4) is 11.5 Å². The lowest BCUT2D eigenvalue weighted by Gasteiger charge is -2.20. The molecule has 0 radical (unpaired) electrons. The molecule has 2 fully saturated rings. The second-order valence-electron chi connectivity index (χ2n) is 5.69. The lowest BCUT2D eigenvalue weighted by molar-refractivity contribution is -0.0407. The van der Waals surface area contributed by atoms with Gasteiger partial charge >= 0.3 is 0 Å². The molecular formula is C14H17N3O4. The molecule has 2 aliphatic rings. The van der Waals surface area contributed by atoms with Crippen LogP contribution >= 0.6 is 0 Å². The van der Waals surface area contributed by atoms with Crippen LogP contribution in [-0.4, -0.2) is 35.7 Å². The molecule has 112 valence electrons. The maximum atomic E-state index is 5.88. The van der Waals surface area contributed by atoms with Crippen LogP contribution < -0.4 is 0 Å². The first kappa shape index (κ1) is 13.0. The van der Waals surface area contributed by atoms with Gasteiger partial charge in [-0.05, 0) is 19.8 Å². The van der Waals surface area contributed by atoms with Crippen molar-refractivity contribution in [1.82, 2.24) is 15.4 Å². The highest BCUT2D eigenvalue weighted by molar-refractivity contribution is 5.60. The topological polar surface area (TPSA) is 83.4 Å². The van der Waals surface area contributed by atoms with Gasteiger partial charge in [-0.1, -0.05) is 5.16 Å². The third-order valence-electron chi connectivity index (χ3n) is 4.24. The fourth-order valence-electron chi connectivity index (χ4n) is 2.74. The lowest BCUT2D eigenvalue weighted by atomic mass is 10.0. The fourth-order valence-corrected chi connectivity index (χ4v) is 2.74. The van der Waals surface area contributed by atoms with Crippen molar-refractivity contribution < 1.29 is 18.4 Å². The molecule has 0 N–H and O–H groups in total. The summed E-state index contributed by atoms with van der Waals surface area (Å²) in [5.74, 6) is 2.20. The number of ether oxygens (including phenoxy) is 2. The van der Waals surface area contributed by atoms with Crippen LogP contribution in [0.2, 0.25) is 0 Å². The molecule has 1 unspecified atom stereocenters. The van der Waals surface area contributed by atoms with E-state index in [-0.39, 0.29) is 0 Å². The first-order valence-corrected chi connectivity index (χ1v) is 7.17. The summed E-state index contributed by atoms with van der Waals surface area (Å²) in [4.78, 5) is 0. The zero-order valence-electron chi connectivity index (χ0n) is 12.1. The van der Waals surface area contributed by atoms with Crippen molar-refractivity contribution in [1.29, 1.82) is 0 Å². The summed E-state index contributed by atoms with van der Waals surface area (Å²) in [6, 6.07) is 0. The molecule has 1 aliphatic heterocycles. The summed E-state index contributed by atoms with van der Waals surface area (Å²) in [7, 11) is 1.64. The minimum absolute atomic E-state index is 0.433. The molecule has 0 spiro atoms. The molecule has 0 amide bonds. The Morgan fingerprint density at radius 3 is 2.81 bits per heavy atom. The quantitative estimate of drug-likeness (QED) is 0.853. The monoisotopic (exact) mass is 291 g/mol. The van der Waals surface area contributed by atoms with E-state index >= 15 is 0 Å². The molecule has 2 aromatic rings. The van der Waals surface area contributed by atoms with Gasteiger partial charge in [-0.15, -0.1) is 10.2 Å². The number of hydrogen-bond donors (Lipinski definition) is 0. The predicted octanol–water partition coefficient (Wildman–Crippen LogP) is 2.17. The van der Waals surface area contributed by atoms with Crippen LogP contribution in [0.1, 0.15) is 42.5 Å². The van der Waals surface area contributed by atoms with E-state index in [9.17, 15) is 0 Å². The van der Waals surface area contributed by atoms with Gasteiger partial charge in [-0.3, -0.25) is 0 Å². The first-order chi connectivity index (χ1) is 10.2. The molecule has 2 aromatic heterocycles. The van der Waals surface area contributed by atoms with Gasteiger partial charge in [0.05, 0.1) is 18.9 Å². The van der Waals surface area contributed by atoms with Crippen LogP contribution in [0.25, 0.3) is 11.5 Å². The summed E-state index contributed by atoms with van der Waals surface area (Å²) in [6.07, 6.45) is 2.96. The fraction of sp³-hybridized carbons (Fsp3) is 0.643. The van der Waals surface area contributed by atoms with Gasteiger partial charge < -0.3 is 18.4 Å². The van der Waals surface area contributed by atoms with Gasteiger partial charge in [0.15, 0.2) is 11.4 Å². The highest BCUT2D eigenvalue weighted by Gasteiger charge is 2.43. The Kier molecular flexibility index (Phi) is 2.87. The van der Waals surface area contributed by atoms with Gasteiger partial charge in [0.25, 0.3) is 11.8 Å². The Balaban J connectivity index is 1.73. The normalized spacial score (nSPS) is 25.6. The number of nitrogens with zero attached hydrogens (tertiary/aromatic N) is 3. The zero-order chi connectivity index (χ0) is 14.4. The Bertz CT molecular complexity index is 653. The van der Waals surface area contributed by atoms with Crippen LogP contribution in [0.4, 0.5) is 0 Å². The van der Waals surface area contributed by atoms with E-state index < -0.39 is 5.60 Å². The SMILES string of the molecule is COC1(c2nnc(-c3c(C)noc3C3CC3)o2)CCOC1. The number of aryl methyl sites for hydroxylation is 1. The Morgan fingerprint density at radius 1 is 1.29 bits per heavy atom. The molecule has 7 nitrogen and oxygen atoms in total. The molecule has 0 bridgehead atoms.